The van der Waals surface area contributed by atoms with Gasteiger partial charge < -0.3 is 0 Å². The second-order valence-corrected chi connectivity index (χ2v) is 5.65. The summed E-state index contributed by atoms with van der Waals surface area (Å²) in [6.45, 7) is 2.26. The van der Waals surface area contributed by atoms with Crippen molar-refractivity contribution in [3.63, 3.8) is 0 Å². The van der Waals surface area contributed by atoms with Crippen molar-refractivity contribution in [1.29, 1.82) is 0 Å². The van der Waals surface area contributed by atoms with E-state index in [0.717, 1.165) is 18.1 Å². The predicted octanol–water partition coefficient (Wildman–Crippen LogP) is 5.15. The molecule has 2 aromatic carbocycles. The molecule has 1 unspecified atom stereocenters. The monoisotopic (exact) mass is 306 g/mol. The molecule has 1 nitrogen and oxygen atoms in total. The van der Waals surface area contributed by atoms with Gasteiger partial charge in [-0.1, -0.05) is 54.6 Å². The smallest absolute Gasteiger partial charge is 0.300 e. The van der Waals surface area contributed by atoms with Gasteiger partial charge in [0.1, 0.15) is 5.78 Å². The first kappa shape index (κ1) is 16.3. The zero-order valence-corrected chi connectivity index (χ0v) is 12.4. The fourth-order valence-electron chi connectivity index (χ4n) is 2.52. The van der Waals surface area contributed by atoms with E-state index < -0.39 is 23.8 Å². The lowest BCUT2D eigenvalue weighted by Gasteiger charge is -2.31. The molecule has 0 saturated heterocycles. The van der Waals surface area contributed by atoms with Crippen molar-refractivity contribution < 1.29 is 18.0 Å². The number of rotatable bonds is 4. The Bertz CT molecular complexity index is 644. The van der Waals surface area contributed by atoms with Crippen molar-refractivity contribution in [1.82, 2.24) is 0 Å². The largest absolute Gasteiger partial charge is 0.398 e. The molecule has 0 fully saturated rings. The highest BCUT2D eigenvalue weighted by molar-refractivity contribution is 5.77. The molecular formula is C18H17F3O. The summed E-state index contributed by atoms with van der Waals surface area (Å²) in [5.74, 6) is -0.480. The van der Waals surface area contributed by atoms with E-state index in [1.165, 1.54) is 19.1 Å². The van der Waals surface area contributed by atoms with Crippen LogP contribution in [0.25, 0.3) is 11.1 Å². The van der Waals surface area contributed by atoms with E-state index in [9.17, 15) is 18.0 Å². The SMILES string of the molecule is CC(=O)CC(C)(c1ccc(-c2ccccc2)cc1)C(F)(F)F. The van der Waals surface area contributed by atoms with Crippen LogP contribution in [0.15, 0.2) is 54.6 Å². The fourth-order valence-corrected chi connectivity index (χ4v) is 2.52. The first-order chi connectivity index (χ1) is 10.2. The van der Waals surface area contributed by atoms with Gasteiger partial charge >= 0.3 is 6.18 Å². The average Bonchev–Trinajstić information content (AvgIpc) is 2.46. The van der Waals surface area contributed by atoms with E-state index >= 15 is 0 Å². The lowest BCUT2D eigenvalue weighted by atomic mass is 9.77. The molecular weight excluding hydrogens is 289 g/mol. The van der Waals surface area contributed by atoms with Crippen LogP contribution in [0.5, 0.6) is 0 Å². The van der Waals surface area contributed by atoms with Gasteiger partial charge in [-0.2, -0.15) is 13.2 Å². The Morgan fingerprint density at radius 2 is 1.41 bits per heavy atom. The summed E-state index contributed by atoms with van der Waals surface area (Å²) in [7, 11) is 0. The Labute approximate surface area is 127 Å². The summed E-state index contributed by atoms with van der Waals surface area (Å²) in [5, 5.41) is 0. The maximum Gasteiger partial charge on any atom is 0.398 e. The molecule has 0 amide bonds. The molecule has 0 aliphatic heterocycles. The van der Waals surface area contributed by atoms with E-state index in [4.69, 9.17) is 0 Å². The second-order valence-electron chi connectivity index (χ2n) is 5.65. The van der Waals surface area contributed by atoms with E-state index in [-0.39, 0.29) is 5.56 Å². The number of carbonyl (C=O) groups is 1. The van der Waals surface area contributed by atoms with Crippen LogP contribution >= 0.6 is 0 Å². The van der Waals surface area contributed by atoms with Crippen LogP contribution in [-0.4, -0.2) is 12.0 Å². The number of alkyl halides is 3. The number of benzene rings is 2. The van der Waals surface area contributed by atoms with Crippen LogP contribution in [0.2, 0.25) is 0 Å². The van der Waals surface area contributed by atoms with Crippen molar-refractivity contribution in [2.75, 3.05) is 0 Å². The summed E-state index contributed by atoms with van der Waals surface area (Å²) in [6.07, 6.45) is -5.03. The first-order valence-electron chi connectivity index (χ1n) is 6.96. The van der Waals surface area contributed by atoms with E-state index in [1.54, 1.807) is 12.1 Å². The fraction of sp³-hybridized carbons (Fsp3) is 0.278. The molecule has 4 heteroatoms. The van der Waals surface area contributed by atoms with Gasteiger partial charge in [-0.3, -0.25) is 4.79 Å². The van der Waals surface area contributed by atoms with Gasteiger partial charge in [0.15, 0.2) is 0 Å². The molecule has 0 aromatic heterocycles. The van der Waals surface area contributed by atoms with Gasteiger partial charge in [-0.05, 0) is 30.5 Å². The Morgan fingerprint density at radius 1 is 0.909 bits per heavy atom. The van der Waals surface area contributed by atoms with Crippen LogP contribution < -0.4 is 0 Å². The van der Waals surface area contributed by atoms with Gasteiger partial charge in [0.25, 0.3) is 0 Å². The molecule has 0 aliphatic carbocycles. The number of halogens is 3. The van der Waals surface area contributed by atoms with Crippen molar-refractivity contribution in [3.8, 4) is 11.1 Å². The summed E-state index contributed by atoms with van der Waals surface area (Å²) < 4.78 is 40.3. The zero-order valence-electron chi connectivity index (χ0n) is 12.4. The maximum atomic E-state index is 13.4. The molecule has 1 atom stereocenters. The van der Waals surface area contributed by atoms with E-state index in [0.29, 0.717) is 0 Å². The van der Waals surface area contributed by atoms with Gasteiger partial charge in [-0.25, -0.2) is 0 Å². The molecule has 2 aromatic rings. The van der Waals surface area contributed by atoms with Crippen LogP contribution in [-0.2, 0) is 10.2 Å². The second kappa shape index (κ2) is 5.95. The first-order valence-corrected chi connectivity index (χ1v) is 6.96. The van der Waals surface area contributed by atoms with Gasteiger partial charge in [-0.15, -0.1) is 0 Å². The highest BCUT2D eigenvalue weighted by Crippen LogP contribution is 2.44. The minimum atomic E-state index is -4.48. The minimum Gasteiger partial charge on any atom is -0.300 e. The van der Waals surface area contributed by atoms with Crippen molar-refractivity contribution >= 4 is 5.78 Å². The van der Waals surface area contributed by atoms with Crippen molar-refractivity contribution in [2.45, 2.75) is 31.9 Å². The molecule has 116 valence electrons. The normalized spacial score (nSPS) is 14.4. The number of ketones is 1. The van der Waals surface area contributed by atoms with Crippen LogP contribution in [0, 0.1) is 0 Å². The Morgan fingerprint density at radius 3 is 1.86 bits per heavy atom. The van der Waals surface area contributed by atoms with Gasteiger partial charge in [0.05, 0.1) is 5.41 Å². The van der Waals surface area contributed by atoms with Gasteiger partial charge in [0, 0.05) is 6.42 Å². The van der Waals surface area contributed by atoms with Crippen molar-refractivity contribution in [2.24, 2.45) is 0 Å². The minimum absolute atomic E-state index is 0.106. The Kier molecular flexibility index (Phi) is 4.40. The van der Waals surface area contributed by atoms with E-state index in [1.807, 2.05) is 30.3 Å². The van der Waals surface area contributed by atoms with Crippen LogP contribution in [0.1, 0.15) is 25.8 Å². The quantitative estimate of drug-likeness (QED) is 0.763. The maximum absolute atomic E-state index is 13.4. The molecule has 22 heavy (non-hydrogen) atoms. The van der Waals surface area contributed by atoms with Crippen LogP contribution in [0.3, 0.4) is 0 Å². The standard InChI is InChI=1S/C18H17F3O/c1-13(22)12-17(2,18(19,20)21)16-10-8-15(9-11-16)14-6-4-3-5-7-14/h3-11H,12H2,1-2H3. The molecule has 0 heterocycles. The highest BCUT2D eigenvalue weighted by atomic mass is 19.4. The molecule has 0 N–H and O–H groups in total. The third-order valence-corrected chi connectivity index (χ3v) is 3.86. The van der Waals surface area contributed by atoms with Crippen molar-refractivity contribution in [3.05, 3.63) is 60.2 Å². The zero-order chi connectivity index (χ0) is 16.4. The Balaban J connectivity index is 2.40. The molecule has 0 saturated carbocycles. The van der Waals surface area contributed by atoms with E-state index in [2.05, 4.69) is 0 Å². The summed E-state index contributed by atoms with van der Waals surface area (Å²) in [4.78, 5) is 11.3. The lowest BCUT2D eigenvalue weighted by Crippen LogP contribution is -2.41. The summed E-state index contributed by atoms with van der Waals surface area (Å²) >= 11 is 0. The molecule has 0 bridgehead atoms. The average molecular weight is 306 g/mol. The summed E-state index contributed by atoms with van der Waals surface area (Å²) in [5.41, 5.74) is -0.269. The third kappa shape index (κ3) is 3.21. The number of Topliss-reactive ketones (excluding diaryl/α,β-unsaturated/α-hetero) is 1. The topological polar surface area (TPSA) is 17.1 Å². The van der Waals surface area contributed by atoms with Crippen LogP contribution in [0.4, 0.5) is 13.2 Å². The third-order valence-electron chi connectivity index (χ3n) is 3.86. The number of hydrogen-bond donors (Lipinski definition) is 0. The number of hydrogen-bond acceptors (Lipinski definition) is 1. The highest BCUT2D eigenvalue weighted by Gasteiger charge is 2.52. The van der Waals surface area contributed by atoms with Gasteiger partial charge in [0.2, 0.25) is 0 Å². The number of carbonyl (C=O) groups excluding carboxylic acids is 1. The predicted molar refractivity (Wildman–Crippen MR) is 80.6 cm³/mol. The Hall–Kier alpha value is -2.10. The lowest BCUT2D eigenvalue weighted by molar-refractivity contribution is -0.188. The molecule has 2 rings (SSSR count). The summed E-state index contributed by atoms with van der Waals surface area (Å²) in [6, 6.07) is 15.7. The molecule has 0 radical (unpaired) electrons. The molecule has 0 aliphatic rings. The molecule has 0 spiro atoms.